The minimum absolute atomic E-state index is 0.0252. The molecule has 1 heterocycles. The van der Waals surface area contributed by atoms with Crippen molar-refractivity contribution < 1.29 is 17.6 Å². The largest absolute Gasteiger partial charge is 0.351 e. The van der Waals surface area contributed by atoms with E-state index in [1.807, 2.05) is 4.90 Å². The Morgan fingerprint density at radius 2 is 1.76 bits per heavy atom. The van der Waals surface area contributed by atoms with Gasteiger partial charge in [0.2, 0.25) is 15.9 Å². The first-order valence-electron chi connectivity index (χ1n) is 8.95. The number of halogens is 3. The third-order valence-corrected chi connectivity index (χ3v) is 7.26. The van der Waals surface area contributed by atoms with Crippen LogP contribution in [-0.4, -0.2) is 56.3 Å². The van der Waals surface area contributed by atoms with Crippen molar-refractivity contribution in [2.45, 2.75) is 11.4 Å². The molecule has 1 saturated heterocycles. The molecule has 1 N–H and O–H groups in total. The van der Waals surface area contributed by atoms with Crippen molar-refractivity contribution in [2.24, 2.45) is 0 Å². The van der Waals surface area contributed by atoms with Gasteiger partial charge < -0.3 is 5.32 Å². The van der Waals surface area contributed by atoms with Crippen LogP contribution in [0.4, 0.5) is 4.39 Å². The summed E-state index contributed by atoms with van der Waals surface area (Å²) in [5.74, 6) is -0.617. The van der Waals surface area contributed by atoms with Crippen LogP contribution < -0.4 is 5.32 Å². The minimum atomic E-state index is -3.77. The maximum atomic E-state index is 13.6. The molecule has 2 aromatic carbocycles. The number of carbonyl (C=O) groups excluding carboxylic acids is 1. The van der Waals surface area contributed by atoms with E-state index < -0.39 is 10.0 Å². The standard InChI is InChI=1S/C19H20Cl2FN3O3S/c20-15-5-6-16(21)18(11-15)29(27,28)25-9-7-24(8-10-25)13-19(26)23-12-14-3-1-2-4-17(14)22/h1-6,11H,7-10,12-13H2,(H,23,26). The fraction of sp³-hybridized carbons (Fsp3) is 0.316. The molecule has 1 aliphatic rings. The minimum Gasteiger partial charge on any atom is -0.351 e. The van der Waals surface area contributed by atoms with Gasteiger partial charge in [0.25, 0.3) is 0 Å². The highest BCUT2D eigenvalue weighted by atomic mass is 35.5. The van der Waals surface area contributed by atoms with E-state index in [1.54, 1.807) is 18.2 Å². The van der Waals surface area contributed by atoms with Crippen molar-refractivity contribution in [1.29, 1.82) is 0 Å². The SMILES string of the molecule is O=C(CN1CCN(S(=O)(=O)c2cc(Cl)ccc2Cl)CC1)NCc1ccccc1F. The maximum Gasteiger partial charge on any atom is 0.244 e. The molecule has 1 amide bonds. The summed E-state index contributed by atoms with van der Waals surface area (Å²) in [5, 5.41) is 3.09. The number of nitrogens with one attached hydrogen (secondary N) is 1. The Hall–Kier alpha value is -1.71. The number of rotatable bonds is 6. The summed E-state index contributed by atoms with van der Waals surface area (Å²) >= 11 is 11.9. The first-order chi connectivity index (χ1) is 13.8. The summed E-state index contributed by atoms with van der Waals surface area (Å²) in [6.07, 6.45) is 0. The van der Waals surface area contributed by atoms with E-state index in [0.717, 1.165) is 0 Å². The zero-order valence-electron chi connectivity index (χ0n) is 15.4. The molecule has 0 bridgehead atoms. The van der Waals surface area contributed by atoms with Crippen LogP contribution in [0.25, 0.3) is 0 Å². The van der Waals surface area contributed by atoms with Gasteiger partial charge in [-0.3, -0.25) is 9.69 Å². The van der Waals surface area contributed by atoms with E-state index in [1.165, 1.54) is 28.6 Å². The van der Waals surface area contributed by atoms with Gasteiger partial charge in [-0.05, 0) is 24.3 Å². The van der Waals surface area contributed by atoms with Crippen LogP contribution in [0.3, 0.4) is 0 Å². The zero-order chi connectivity index (χ0) is 21.0. The average molecular weight is 460 g/mol. The maximum absolute atomic E-state index is 13.6. The number of piperazine rings is 1. The summed E-state index contributed by atoms with van der Waals surface area (Å²) in [7, 11) is -3.77. The molecule has 6 nitrogen and oxygen atoms in total. The van der Waals surface area contributed by atoms with Crippen molar-refractivity contribution in [3.63, 3.8) is 0 Å². The topological polar surface area (TPSA) is 69.7 Å². The van der Waals surface area contributed by atoms with Gasteiger partial charge in [-0.2, -0.15) is 4.31 Å². The molecule has 0 unspecified atom stereocenters. The molecule has 1 aliphatic heterocycles. The fourth-order valence-corrected chi connectivity index (χ4v) is 5.20. The zero-order valence-corrected chi connectivity index (χ0v) is 17.8. The Morgan fingerprint density at radius 1 is 1.07 bits per heavy atom. The summed E-state index contributed by atoms with van der Waals surface area (Å²) in [6, 6.07) is 10.6. The smallest absolute Gasteiger partial charge is 0.244 e. The Kier molecular flexibility index (Phi) is 7.13. The number of sulfonamides is 1. The predicted octanol–water partition coefficient (Wildman–Crippen LogP) is 2.76. The molecular formula is C19H20Cl2FN3O3S. The Balaban J connectivity index is 1.53. The van der Waals surface area contributed by atoms with E-state index in [2.05, 4.69) is 5.32 Å². The number of nitrogens with zero attached hydrogens (tertiary/aromatic N) is 2. The van der Waals surface area contributed by atoms with E-state index in [9.17, 15) is 17.6 Å². The lowest BCUT2D eigenvalue weighted by molar-refractivity contribution is -0.122. The molecule has 0 atom stereocenters. The second-order valence-electron chi connectivity index (χ2n) is 6.62. The molecule has 0 spiro atoms. The van der Waals surface area contributed by atoms with Gasteiger partial charge in [0.1, 0.15) is 10.7 Å². The molecule has 0 saturated carbocycles. The lowest BCUT2D eigenvalue weighted by Gasteiger charge is -2.33. The van der Waals surface area contributed by atoms with Crippen LogP contribution in [-0.2, 0) is 21.4 Å². The van der Waals surface area contributed by atoms with Gasteiger partial charge in [-0.1, -0.05) is 41.4 Å². The highest BCUT2D eigenvalue weighted by Crippen LogP contribution is 2.28. The number of benzene rings is 2. The molecule has 1 fully saturated rings. The Morgan fingerprint density at radius 3 is 2.45 bits per heavy atom. The first kappa shape index (κ1) is 22.0. The Labute approximate surface area is 179 Å². The second kappa shape index (κ2) is 9.40. The molecule has 29 heavy (non-hydrogen) atoms. The third kappa shape index (κ3) is 5.46. The molecule has 3 rings (SSSR count). The molecule has 0 aliphatic carbocycles. The van der Waals surface area contributed by atoms with Crippen LogP contribution in [0, 0.1) is 5.82 Å². The molecule has 156 valence electrons. The molecule has 0 aromatic heterocycles. The first-order valence-corrected chi connectivity index (χ1v) is 11.1. The average Bonchev–Trinajstić information content (AvgIpc) is 2.69. The fourth-order valence-electron chi connectivity index (χ4n) is 3.04. The summed E-state index contributed by atoms with van der Waals surface area (Å²) in [4.78, 5) is 14.0. The molecular weight excluding hydrogens is 440 g/mol. The van der Waals surface area contributed by atoms with Crippen LogP contribution >= 0.6 is 23.2 Å². The van der Waals surface area contributed by atoms with Gasteiger partial charge in [-0.25, -0.2) is 12.8 Å². The number of amides is 1. The number of carbonyl (C=O) groups is 1. The summed E-state index contributed by atoms with van der Waals surface area (Å²) in [6.45, 7) is 1.46. The van der Waals surface area contributed by atoms with Gasteiger partial charge in [0.05, 0.1) is 11.6 Å². The molecule has 10 heteroatoms. The van der Waals surface area contributed by atoms with Crippen molar-refractivity contribution in [3.05, 3.63) is 63.9 Å². The van der Waals surface area contributed by atoms with Crippen molar-refractivity contribution in [2.75, 3.05) is 32.7 Å². The van der Waals surface area contributed by atoms with E-state index in [-0.39, 0.29) is 52.8 Å². The molecule has 2 aromatic rings. The van der Waals surface area contributed by atoms with Crippen molar-refractivity contribution >= 4 is 39.1 Å². The lowest BCUT2D eigenvalue weighted by Crippen LogP contribution is -2.51. The lowest BCUT2D eigenvalue weighted by atomic mass is 10.2. The van der Waals surface area contributed by atoms with Gasteiger partial charge in [-0.15, -0.1) is 0 Å². The van der Waals surface area contributed by atoms with Crippen molar-refractivity contribution in [1.82, 2.24) is 14.5 Å². The Bertz CT molecular complexity index is 996. The normalized spacial score (nSPS) is 16.0. The summed E-state index contributed by atoms with van der Waals surface area (Å²) in [5.41, 5.74) is 0.412. The number of hydrogen-bond acceptors (Lipinski definition) is 4. The van der Waals surface area contributed by atoms with E-state index in [4.69, 9.17) is 23.2 Å². The highest BCUT2D eigenvalue weighted by Gasteiger charge is 2.30. The third-order valence-electron chi connectivity index (χ3n) is 4.64. The second-order valence-corrected chi connectivity index (χ2v) is 9.37. The quantitative estimate of drug-likeness (QED) is 0.720. The van der Waals surface area contributed by atoms with Gasteiger partial charge in [0, 0.05) is 43.3 Å². The van der Waals surface area contributed by atoms with Crippen molar-refractivity contribution in [3.8, 4) is 0 Å². The highest BCUT2D eigenvalue weighted by molar-refractivity contribution is 7.89. The molecule has 0 radical (unpaired) electrons. The van der Waals surface area contributed by atoms with Crippen LogP contribution in [0.1, 0.15) is 5.56 Å². The van der Waals surface area contributed by atoms with Gasteiger partial charge in [0.15, 0.2) is 0 Å². The van der Waals surface area contributed by atoms with E-state index >= 15 is 0 Å². The van der Waals surface area contributed by atoms with Crippen LogP contribution in [0.5, 0.6) is 0 Å². The van der Waals surface area contributed by atoms with Crippen LogP contribution in [0.2, 0.25) is 10.0 Å². The van der Waals surface area contributed by atoms with Gasteiger partial charge >= 0.3 is 0 Å². The number of hydrogen-bond donors (Lipinski definition) is 1. The summed E-state index contributed by atoms with van der Waals surface area (Å²) < 4.78 is 40.6. The monoisotopic (exact) mass is 459 g/mol. The van der Waals surface area contributed by atoms with Crippen LogP contribution in [0.15, 0.2) is 47.4 Å². The van der Waals surface area contributed by atoms with E-state index in [0.29, 0.717) is 18.7 Å². The predicted molar refractivity (Wildman–Crippen MR) is 110 cm³/mol.